The van der Waals surface area contributed by atoms with Crippen LogP contribution in [0.2, 0.25) is 0 Å². The Morgan fingerprint density at radius 3 is 2.83 bits per heavy atom. The van der Waals surface area contributed by atoms with Crippen LogP contribution in [0.4, 0.5) is 0 Å². The second-order valence-corrected chi connectivity index (χ2v) is 4.12. The lowest BCUT2D eigenvalue weighted by molar-refractivity contribution is 0.0953. The first-order valence-corrected chi connectivity index (χ1v) is 6.17. The van der Waals surface area contributed by atoms with Crippen molar-refractivity contribution in [1.29, 1.82) is 0 Å². The molecule has 0 fully saturated rings. The average molecular weight is 245 g/mol. The maximum Gasteiger partial charge on any atom is 0.251 e. The second-order valence-electron chi connectivity index (χ2n) is 4.12. The largest absolute Gasteiger partial charge is 0.395 e. The van der Waals surface area contributed by atoms with Gasteiger partial charge in [-0.3, -0.25) is 4.79 Å². The summed E-state index contributed by atoms with van der Waals surface area (Å²) >= 11 is 0. The molecule has 3 nitrogen and oxygen atoms in total. The number of rotatable bonds is 4. The van der Waals surface area contributed by atoms with Gasteiger partial charge < -0.3 is 10.4 Å². The Labute approximate surface area is 108 Å². The summed E-state index contributed by atoms with van der Waals surface area (Å²) in [5.74, 6) is 5.74. The zero-order valence-electron chi connectivity index (χ0n) is 10.9. The van der Waals surface area contributed by atoms with E-state index in [0.717, 1.165) is 17.5 Å². The van der Waals surface area contributed by atoms with E-state index in [1.54, 1.807) is 6.07 Å². The van der Waals surface area contributed by atoms with Gasteiger partial charge in [0.1, 0.15) is 0 Å². The van der Waals surface area contributed by atoms with E-state index in [1.165, 1.54) is 0 Å². The minimum Gasteiger partial charge on any atom is -0.395 e. The van der Waals surface area contributed by atoms with E-state index in [0.29, 0.717) is 18.5 Å². The number of carbonyl (C=O) groups is 1. The number of nitrogens with one attached hydrogen (secondary N) is 1. The first-order chi connectivity index (χ1) is 8.67. The molecule has 0 aliphatic rings. The molecule has 2 N–H and O–H groups in total. The van der Waals surface area contributed by atoms with E-state index in [9.17, 15) is 4.79 Å². The van der Waals surface area contributed by atoms with Crippen LogP contribution in [0.5, 0.6) is 0 Å². The molecule has 1 rings (SSSR count). The summed E-state index contributed by atoms with van der Waals surface area (Å²) in [7, 11) is 0. The molecule has 0 heterocycles. The fourth-order valence-corrected chi connectivity index (χ4v) is 1.55. The number of aliphatic hydroxyl groups is 1. The number of hydrogen-bond donors (Lipinski definition) is 2. The van der Waals surface area contributed by atoms with Gasteiger partial charge >= 0.3 is 0 Å². The summed E-state index contributed by atoms with van der Waals surface area (Å²) < 4.78 is 0. The molecule has 1 amide bonds. The van der Waals surface area contributed by atoms with Crippen molar-refractivity contribution in [2.45, 2.75) is 26.7 Å². The topological polar surface area (TPSA) is 49.3 Å². The highest BCUT2D eigenvalue weighted by molar-refractivity contribution is 5.94. The summed E-state index contributed by atoms with van der Waals surface area (Å²) in [6, 6.07) is 5.56. The van der Waals surface area contributed by atoms with Crippen LogP contribution in [0.15, 0.2) is 18.2 Å². The van der Waals surface area contributed by atoms with Gasteiger partial charge in [-0.2, -0.15) is 0 Å². The lowest BCUT2D eigenvalue weighted by Gasteiger charge is -2.05. The van der Waals surface area contributed by atoms with Crippen molar-refractivity contribution in [3.05, 3.63) is 34.9 Å². The van der Waals surface area contributed by atoms with Gasteiger partial charge in [0.25, 0.3) is 5.91 Å². The molecule has 0 aromatic heterocycles. The molecule has 0 spiro atoms. The molecule has 96 valence electrons. The molecule has 0 unspecified atom stereocenters. The highest BCUT2D eigenvalue weighted by Crippen LogP contribution is 2.09. The van der Waals surface area contributed by atoms with Crippen molar-refractivity contribution in [2.75, 3.05) is 13.2 Å². The van der Waals surface area contributed by atoms with Gasteiger partial charge in [-0.25, -0.2) is 0 Å². The monoisotopic (exact) mass is 245 g/mol. The van der Waals surface area contributed by atoms with Gasteiger partial charge in [-0.05, 0) is 37.1 Å². The van der Waals surface area contributed by atoms with Crippen molar-refractivity contribution < 1.29 is 9.90 Å². The van der Waals surface area contributed by atoms with Crippen LogP contribution < -0.4 is 5.32 Å². The molecule has 18 heavy (non-hydrogen) atoms. The highest BCUT2D eigenvalue weighted by atomic mass is 16.2. The Balaban J connectivity index is 2.87. The standard InChI is InChI=1S/C15H19NO2/c1-3-7-16-15(18)14-10-12(2)9-13(11-14)6-4-5-8-17/h9-11,17H,3,5,7-8H2,1-2H3,(H,16,18). The maximum absolute atomic E-state index is 11.8. The van der Waals surface area contributed by atoms with Crippen molar-refractivity contribution in [3.8, 4) is 11.8 Å². The number of carbonyl (C=O) groups excluding carboxylic acids is 1. The van der Waals surface area contributed by atoms with Gasteiger partial charge in [0.15, 0.2) is 0 Å². The van der Waals surface area contributed by atoms with E-state index >= 15 is 0 Å². The summed E-state index contributed by atoms with van der Waals surface area (Å²) in [4.78, 5) is 11.8. The van der Waals surface area contributed by atoms with Crippen LogP contribution in [0.25, 0.3) is 0 Å². The highest BCUT2D eigenvalue weighted by Gasteiger charge is 2.05. The fraction of sp³-hybridized carbons (Fsp3) is 0.400. The Kier molecular flexibility index (Phi) is 5.96. The normalized spacial score (nSPS) is 9.50. The number of aliphatic hydroxyl groups excluding tert-OH is 1. The molecule has 0 aliphatic carbocycles. The molecular weight excluding hydrogens is 226 g/mol. The molecule has 0 aliphatic heterocycles. The zero-order valence-corrected chi connectivity index (χ0v) is 10.9. The predicted octanol–water partition coefficient (Wildman–Crippen LogP) is 1.87. The zero-order chi connectivity index (χ0) is 13.4. The van der Waals surface area contributed by atoms with Crippen molar-refractivity contribution in [2.24, 2.45) is 0 Å². The third-order valence-electron chi connectivity index (χ3n) is 2.34. The summed E-state index contributed by atoms with van der Waals surface area (Å²) in [6.07, 6.45) is 1.37. The first kappa shape index (κ1) is 14.3. The van der Waals surface area contributed by atoms with Crippen LogP contribution in [-0.2, 0) is 0 Å². The molecule has 0 saturated heterocycles. The van der Waals surface area contributed by atoms with Crippen LogP contribution in [-0.4, -0.2) is 24.2 Å². The van der Waals surface area contributed by atoms with E-state index in [1.807, 2.05) is 26.0 Å². The molecule has 3 heteroatoms. The van der Waals surface area contributed by atoms with Gasteiger partial charge in [0.2, 0.25) is 0 Å². The maximum atomic E-state index is 11.8. The smallest absolute Gasteiger partial charge is 0.251 e. The first-order valence-electron chi connectivity index (χ1n) is 6.17. The molecular formula is C15H19NO2. The van der Waals surface area contributed by atoms with Crippen molar-refractivity contribution in [3.63, 3.8) is 0 Å². The summed E-state index contributed by atoms with van der Waals surface area (Å²) in [5.41, 5.74) is 2.45. The van der Waals surface area contributed by atoms with Crippen LogP contribution in [0, 0.1) is 18.8 Å². The summed E-state index contributed by atoms with van der Waals surface area (Å²) in [5, 5.41) is 11.5. The summed E-state index contributed by atoms with van der Waals surface area (Å²) in [6.45, 7) is 4.69. The number of benzene rings is 1. The lowest BCUT2D eigenvalue weighted by atomic mass is 10.1. The van der Waals surface area contributed by atoms with Gasteiger partial charge in [-0.1, -0.05) is 18.8 Å². The molecule has 0 bridgehead atoms. The molecule has 1 aromatic rings. The van der Waals surface area contributed by atoms with E-state index < -0.39 is 0 Å². The molecule has 0 radical (unpaired) electrons. The van der Waals surface area contributed by atoms with E-state index in [-0.39, 0.29) is 12.5 Å². The average Bonchev–Trinajstić information content (AvgIpc) is 2.35. The fourth-order valence-electron chi connectivity index (χ4n) is 1.55. The predicted molar refractivity (Wildman–Crippen MR) is 72.4 cm³/mol. The van der Waals surface area contributed by atoms with E-state index in [2.05, 4.69) is 17.2 Å². The van der Waals surface area contributed by atoms with Crippen LogP contribution in [0.1, 0.15) is 41.3 Å². The Bertz CT molecular complexity index is 469. The Morgan fingerprint density at radius 2 is 2.17 bits per heavy atom. The number of aryl methyl sites for hydroxylation is 1. The molecule has 0 saturated carbocycles. The Morgan fingerprint density at radius 1 is 1.39 bits per heavy atom. The molecule has 0 atom stereocenters. The Hall–Kier alpha value is -1.79. The van der Waals surface area contributed by atoms with Crippen molar-refractivity contribution in [1.82, 2.24) is 5.32 Å². The van der Waals surface area contributed by atoms with Gasteiger partial charge in [0, 0.05) is 24.1 Å². The molecule has 1 aromatic carbocycles. The minimum absolute atomic E-state index is 0.0582. The number of amides is 1. The second kappa shape index (κ2) is 7.52. The third-order valence-corrected chi connectivity index (χ3v) is 2.34. The van der Waals surface area contributed by atoms with E-state index in [4.69, 9.17) is 5.11 Å². The van der Waals surface area contributed by atoms with Gasteiger partial charge in [-0.15, -0.1) is 0 Å². The van der Waals surface area contributed by atoms with Gasteiger partial charge in [0.05, 0.1) is 6.61 Å². The SMILES string of the molecule is CCCNC(=O)c1cc(C)cc(C#CCCO)c1. The van der Waals surface area contributed by atoms with Crippen LogP contribution in [0.3, 0.4) is 0 Å². The quantitative estimate of drug-likeness (QED) is 0.796. The lowest BCUT2D eigenvalue weighted by Crippen LogP contribution is -2.24. The third kappa shape index (κ3) is 4.60. The number of hydrogen-bond acceptors (Lipinski definition) is 2. The van der Waals surface area contributed by atoms with Crippen molar-refractivity contribution >= 4 is 5.91 Å². The van der Waals surface area contributed by atoms with Crippen LogP contribution >= 0.6 is 0 Å². The minimum atomic E-state index is -0.0641.